The van der Waals surface area contributed by atoms with Crippen LogP contribution in [0.2, 0.25) is 5.02 Å². The van der Waals surface area contributed by atoms with Gasteiger partial charge in [-0.05, 0) is 42.5 Å². The molecule has 0 atom stereocenters. The number of nitro benzene ring substituents is 1. The molecule has 0 fully saturated rings. The molecule has 1 amide bonds. The van der Waals surface area contributed by atoms with Gasteiger partial charge in [0, 0.05) is 23.4 Å². The van der Waals surface area contributed by atoms with E-state index in [0.717, 1.165) is 0 Å². The molecule has 3 rings (SSSR count). The predicted molar refractivity (Wildman–Crippen MR) is 102 cm³/mol. The van der Waals surface area contributed by atoms with Crippen LogP contribution in [-0.4, -0.2) is 22.5 Å². The van der Waals surface area contributed by atoms with Crippen LogP contribution in [0.25, 0.3) is 11.3 Å². The SMILES string of the molecule is O=C(COc1ccc([N+](=O)[O-])cc1)Nc1ccc(Cl)c(-c2ccc(CO)o2)c1. The quantitative estimate of drug-likeness (QED) is 0.455. The van der Waals surface area contributed by atoms with Crippen molar-refractivity contribution in [3.8, 4) is 17.1 Å². The Kier molecular flexibility index (Phi) is 5.93. The fraction of sp³-hybridized carbons (Fsp3) is 0.105. The van der Waals surface area contributed by atoms with Crippen molar-refractivity contribution in [1.82, 2.24) is 0 Å². The molecule has 1 aromatic heterocycles. The third-order valence-corrected chi connectivity index (χ3v) is 4.08. The molecule has 0 spiro atoms. The number of ether oxygens (including phenoxy) is 1. The van der Waals surface area contributed by atoms with Gasteiger partial charge in [0.2, 0.25) is 0 Å². The van der Waals surface area contributed by atoms with Crippen molar-refractivity contribution in [3.05, 3.63) is 75.5 Å². The molecular weight excluding hydrogens is 388 g/mol. The zero-order valence-corrected chi connectivity index (χ0v) is 15.2. The van der Waals surface area contributed by atoms with Crippen LogP contribution in [0.5, 0.6) is 5.75 Å². The largest absolute Gasteiger partial charge is 0.484 e. The van der Waals surface area contributed by atoms with Crippen LogP contribution in [0.4, 0.5) is 11.4 Å². The fourth-order valence-corrected chi connectivity index (χ4v) is 2.62. The highest BCUT2D eigenvalue weighted by atomic mass is 35.5. The second-order valence-corrected chi connectivity index (χ2v) is 6.11. The zero-order valence-electron chi connectivity index (χ0n) is 14.4. The van der Waals surface area contributed by atoms with Gasteiger partial charge in [-0.3, -0.25) is 14.9 Å². The van der Waals surface area contributed by atoms with Crippen molar-refractivity contribution < 1.29 is 24.0 Å². The molecule has 1 heterocycles. The summed E-state index contributed by atoms with van der Waals surface area (Å²) in [5, 5.41) is 22.8. The summed E-state index contributed by atoms with van der Waals surface area (Å²) in [5.41, 5.74) is 0.988. The van der Waals surface area contributed by atoms with Crippen LogP contribution in [0.3, 0.4) is 0 Å². The lowest BCUT2D eigenvalue weighted by atomic mass is 10.1. The first-order valence-electron chi connectivity index (χ1n) is 8.13. The number of anilines is 1. The Morgan fingerprint density at radius 1 is 1.18 bits per heavy atom. The molecule has 0 aliphatic heterocycles. The van der Waals surface area contributed by atoms with Crippen LogP contribution in [-0.2, 0) is 11.4 Å². The highest BCUT2D eigenvalue weighted by Gasteiger charge is 2.12. The van der Waals surface area contributed by atoms with E-state index in [9.17, 15) is 14.9 Å². The maximum absolute atomic E-state index is 12.1. The van der Waals surface area contributed by atoms with E-state index in [-0.39, 0.29) is 18.9 Å². The summed E-state index contributed by atoms with van der Waals surface area (Å²) < 4.78 is 10.8. The van der Waals surface area contributed by atoms with Gasteiger partial charge in [-0.15, -0.1) is 0 Å². The monoisotopic (exact) mass is 402 g/mol. The summed E-state index contributed by atoms with van der Waals surface area (Å²) in [6.45, 7) is -0.501. The van der Waals surface area contributed by atoms with Gasteiger partial charge in [-0.2, -0.15) is 0 Å². The normalized spacial score (nSPS) is 10.5. The first-order chi connectivity index (χ1) is 13.5. The van der Waals surface area contributed by atoms with Gasteiger partial charge < -0.3 is 19.6 Å². The molecule has 0 aliphatic rings. The van der Waals surface area contributed by atoms with Crippen molar-refractivity contribution in [2.45, 2.75) is 6.61 Å². The smallest absolute Gasteiger partial charge is 0.269 e. The van der Waals surface area contributed by atoms with E-state index in [0.29, 0.717) is 33.5 Å². The van der Waals surface area contributed by atoms with Crippen LogP contribution in [0, 0.1) is 10.1 Å². The van der Waals surface area contributed by atoms with Gasteiger partial charge in [0.05, 0.1) is 9.95 Å². The summed E-state index contributed by atoms with van der Waals surface area (Å²) >= 11 is 6.19. The number of furan rings is 1. The Bertz CT molecular complexity index is 1000. The van der Waals surface area contributed by atoms with Crippen molar-refractivity contribution >= 4 is 28.9 Å². The van der Waals surface area contributed by atoms with Crippen molar-refractivity contribution in [3.63, 3.8) is 0 Å². The summed E-state index contributed by atoms with van der Waals surface area (Å²) in [5.74, 6) is 0.788. The van der Waals surface area contributed by atoms with E-state index >= 15 is 0 Å². The highest BCUT2D eigenvalue weighted by molar-refractivity contribution is 6.33. The first-order valence-corrected chi connectivity index (χ1v) is 8.50. The second-order valence-electron chi connectivity index (χ2n) is 5.71. The lowest BCUT2D eigenvalue weighted by Crippen LogP contribution is -2.20. The topological polar surface area (TPSA) is 115 Å². The number of aliphatic hydroxyl groups excluding tert-OH is 1. The van der Waals surface area contributed by atoms with Gasteiger partial charge in [0.25, 0.3) is 11.6 Å². The van der Waals surface area contributed by atoms with Gasteiger partial charge >= 0.3 is 0 Å². The Hall–Kier alpha value is -3.36. The van der Waals surface area contributed by atoms with E-state index in [1.54, 1.807) is 30.3 Å². The Balaban J connectivity index is 1.63. The van der Waals surface area contributed by atoms with Gasteiger partial charge in [0.15, 0.2) is 6.61 Å². The number of carbonyl (C=O) groups excluding carboxylic acids is 1. The maximum atomic E-state index is 12.1. The van der Waals surface area contributed by atoms with E-state index < -0.39 is 10.8 Å². The van der Waals surface area contributed by atoms with Crippen molar-refractivity contribution in [1.29, 1.82) is 0 Å². The van der Waals surface area contributed by atoms with Gasteiger partial charge in [0.1, 0.15) is 23.9 Å². The van der Waals surface area contributed by atoms with E-state index in [2.05, 4.69) is 5.32 Å². The molecule has 2 aromatic carbocycles. The molecule has 0 aliphatic carbocycles. The molecule has 8 nitrogen and oxygen atoms in total. The van der Waals surface area contributed by atoms with E-state index in [4.69, 9.17) is 25.9 Å². The fourth-order valence-electron chi connectivity index (χ4n) is 2.41. The number of aliphatic hydroxyl groups is 1. The number of non-ortho nitro benzene ring substituents is 1. The van der Waals surface area contributed by atoms with Crippen LogP contribution in [0.15, 0.2) is 59.0 Å². The second kappa shape index (κ2) is 8.55. The highest BCUT2D eigenvalue weighted by Crippen LogP contribution is 2.32. The molecule has 3 aromatic rings. The number of benzene rings is 2. The van der Waals surface area contributed by atoms with Crippen molar-refractivity contribution in [2.24, 2.45) is 0 Å². The third kappa shape index (κ3) is 4.67. The Morgan fingerprint density at radius 3 is 2.57 bits per heavy atom. The first kappa shape index (κ1) is 19.4. The average Bonchev–Trinajstić information content (AvgIpc) is 3.17. The Morgan fingerprint density at radius 2 is 1.93 bits per heavy atom. The number of hydrogen-bond donors (Lipinski definition) is 2. The number of hydrogen-bond acceptors (Lipinski definition) is 6. The van der Waals surface area contributed by atoms with Crippen molar-refractivity contribution in [2.75, 3.05) is 11.9 Å². The van der Waals surface area contributed by atoms with Gasteiger partial charge in [-0.25, -0.2) is 0 Å². The maximum Gasteiger partial charge on any atom is 0.269 e. The minimum atomic E-state index is -0.517. The van der Waals surface area contributed by atoms with E-state index in [1.165, 1.54) is 24.3 Å². The van der Waals surface area contributed by atoms with Crippen LogP contribution < -0.4 is 10.1 Å². The summed E-state index contributed by atoms with van der Waals surface area (Å²) in [6, 6.07) is 13.6. The third-order valence-electron chi connectivity index (χ3n) is 3.75. The number of nitrogens with one attached hydrogen (secondary N) is 1. The zero-order chi connectivity index (χ0) is 20.1. The van der Waals surface area contributed by atoms with Crippen LogP contribution >= 0.6 is 11.6 Å². The molecule has 0 unspecified atom stereocenters. The van der Waals surface area contributed by atoms with Crippen LogP contribution in [0.1, 0.15) is 5.76 Å². The number of carbonyl (C=O) groups is 1. The summed E-state index contributed by atoms with van der Waals surface area (Å²) in [4.78, 5) is 22.2. The molecular formula is C19H15ClN2O6. The predicted octanol–water partition coefficient (Wildman–Crippen LogP) is 4.02. The number of halogens is 1. The number of nitrogens with zero attached hydrogens (tertiary/aromatic N) is 1. The van der Waals surface area contributed by atoms with E-state index in [1.807, 2.05) is 0 Å². The summed E-state index contributed by atoms with van der Waals surface area (Å²) in [7, 11) is 0. The molecule has 144 valence electrons. The number of amides is 1. The molecule has 0 radical (unpaired) electrons. The Labute approximate surface area is 164 Å². The summed E-state index contributed by atoms with van der Waals surface area (Å²) in [6.07, 6.45) is 0. The lowest BCUT2D eigenvalue weighted by molar-refractivity contribution is -0.384. The number of rotatable bonds is 7. The van der Waals surface area contributed by atoms with Gasteiger partial charge in [-0.1, -0.05) is 11.6 Å². The average molecular weight is 403 g/mol. The molecule has 0 bridgehead atoms. The minimum absolute atomic E-state index is 0.0622. The number of nitro groups is 1. The minimum Gasteiger partial charge on any atom is -0.484 e. The molecule has 9 heteroatoms. The molecule has 0 saturated heterocycles. The lowest BCUT2D eigenvalue weighted by Gasteiger charge is -2.09. The molecule has 28 heavy (non-hydrogen) atoms. The molecule has 2 N–H and O–H groups in total. The standard InChI is InChI=1S/C19H15ClN2O6/c20-17-7-1-12(9-16(17)18-8-6-15(10-23)28-18)21-19(24)11-27-14-4-2-13(3-5-14)22(25)26/h1-9,23H,10-11H2,(H,21,24). The molecule has 0 saturated carbocycles.